The summed E-state index contributed by atoms with van der Waals surface area (Å²) in [5, 5.41) is 0.564. The molecule has 0 saturated carbocycles. The van der Waals surface area contributed by atoms with Crippen LogP contribution in [0, 0.1) is 0 Å². The largest absolute Gasteiger partial charge is 0.484 e. The lowest BCUT2D eigenvalue weighted by molar-refractivity contribution is 0.268. The van der Waals surface area contributed by atoms with Crippen LogP contribution in [0.3, 0.4) is 0 Å². The number of furan rings is 1. The molecule has 0 amide bonds. The third-order valence-corrected chi connectivity index (χ3v) is 3.12. The summed E-state index contributed by atoms with van der Waals surface area (Å²) in [5.41, 5.74) is 6.51. The number of ether oxygens (including phenoxy) is 1. The Bertz CT molecular complexity index is 513. The van der Waals surface area contributed by atoms with Crippen molar-refractivity contribution in [1.82, 2.24) is 0 Å². The Morgan fingerprint density at radius 1 is 1.35 bits per heavy atom. The lowest BCUT2D eigenvalue weighted by Crippen LogP contribution is -2.02. The van der Waals surface area contributed by atoms with Gasteiger partial charge in [0, 0.05) is 16.6 Å². The monoisotopic (exact) mass is 315 g/mol. The lowest BCUT2D eigenvalue weighted by Gasteiger charge is -2.07. The van der Waals surface area contributed by atoms with Gasteiger partial charge in [-0.15, -0.1) is 0 Å². The molecule has 0 aliphatic carbocycles. The van der Waals surface area contributed by atoms with Gasteiger partial charge in [-0.25, -0.2) is 0 Å². The summed E-state index contributed by atoms with van der Waals surface area (Å²) in [4.78, 5) is 0. The second kappa shape index (κ2) is 5.58. The molecule has 0 unspecified atom stereocenters. The Labute approximate surface area is 113 Å². The van der Waals surface area contributed by atoms with Crippen LogP contribution in [-0.4, -0.2) is 0 Å². The van der Waals surface area contributed by atoms with Gasteiger partial charge < -0.3 is 14.9 Å². The third kappa shape index (κ3) is 3.03. The average molecular weight is 317 g/mol. The Hall–Kier alpha value is -0.970. The summed E-state index contributed by atoms with van der Waals surface area (Å²) in [6, 6.07) is 7.27. The van der Waals surface area contributed by atoms with E-state index in [1.807, 2.05) is 18.2 Å². The zero-order chi connectivity index (χ0) is 12.3. The number of rotatable bonds is 4. The molecule has 5 heteroatoms. The molecule has 1 aromatic carbocycles. The maximum atomic E-state index is 6.01. The first-order valence-electron chi connectivity index (χ1n) is 5.04. The van der Waals surface area contributed by atoms with E-state index in [-0.39, 0.29) is 0 Å². The SMILES string of the molecule is NCc1ccoc1COc1cc(Br)ccc1Cl. The molecule has 0 aliphatic heterocycles. The molecule has 0 atom stereocenters. The number of hydrogen-bond acceptors (Lipinski definition) is 3. The molecule has 0 aliphatic rings. The average Bonchev–Trinajstić information content (AvgIpc) is 2.77. The van der Waals surface area contributed by atoms with Gasteiger partial charge in [0.25, 0.3) is 0 Å². The highest BCUT2D eigenvalue weighted by Crippen LogP contribution is 2.28. The number of benzene rings is 1. The van der Waals surface area contributed by atoms with E-state index < -0.39 is 0 Å². The highest BCUT2D eigenvalue weighted by Gasteiger charge is 2.07. The molecule has 1 aromatic heterocycles. The first-order valence-corrected chi connectivity index (χ1v) is 6.21. The van der Waals surface area contributed by atoms with Crippen molar-refractivity contribution in [2.75, 3.05) is 0 Å². The van der Waals surface area contributed by atoms with Crippen LogP contribution in [0.1, 0.15) is 11.3 Å². The van der Waals surface area contributed by atoms with Crippen molar-refractivity contribution in [3.05, 3.63) is 51.3 Å². The minimum atomic E-state index is 0.315. The standard InChI is InChI=1S/C12H11BrClNO2/c13-9-1-2-10(14)11(5-9)17-7-12-8(6-15)3-4-16-12/h1-5H,6-7,15H2. The number of nitrogens with two attached hydrogens (primary N) is 1. The van der Waals surface area contributed by atoms with Crippen LogP contribution in [0.2, 0.25) is 5.02 Å². The molecule has 90 valence electrons. The quantitative estimate of drug-likeness (QED) is 0.935. The van der Waals surface area contributed by atoms with Crippen LogP contribution in [0.5, 0.6) is 5.75 Å². The van der Waals surface area contributed by atoms with Gasteiger partial charge in [-0.05, 0) is 24.3 Å². The first-order chi connectivity index (χ1) is 8.20. The second-order valence-corrected chi connectivity index (χ2v) is 4.76. The molecule has 2 N–H and O–H groups in total. The Morgan fingerprint density at radius 2 is 2.18 bits per heavy atom. The minimum absolute atomic E-state index is 0.315. The van der Waals surface area contributed by atoms with Crippen LogP contribution < -0.4 is 10.5 Å². The van der Waals surface area contributed by atoms with E-state index in [1.165, 1.54) is 0 Å². The van der Waals surface area contributed by atoms with E-state index in [1.54, 1.807) is 12.3 Å². The highest BCUT2D eigenvalue weighted by atomic mass is 79.9. The smallest absolute Gasteiger partial charge is 0.146 e. The fraction of sp³-hybridized carbons (Fsp3) is 0.167. The van der Waals surface area contributed by atoms with Crippen molar-refractivity contribution in [3.8, 4) is 5.75 Å². The molecule has 0 fully saturated rings. The van der Waals surface area contributed by atoms with Gasteiger partial charge in [0.1, 0.15) is 18.1 Å². The third-order valence-electron chi connectivity index (χ3n) is 2.31. The molecule has 0 saturated heterocycles. The Balaban J connectivity index is 2.09. The zero-order valence-electron chi connectivity index (χ0n) is 8.95. The molecule has 3 nitrogen and oxygen atoms in total. The molecular weight excluding hydrogens is 305 g/mol. The molecule has 2 aromatic rings. The Morgan fingerprint density at radius 3 is 2.94 bits per heavy atom. The van der Waals surface area contributed by atoms with Crippen LogP contribution >= 0.6 is 27.5 Å². The van der Waals surface area contributed by atoms with Crippen LogP contribution in [0.15, 0.2) is 39.4 Å². The summed E-state index contributed by atoms with van der Waals surface area (Å²) in [5.74, 6) is 1.34. The predicted molar refractivity (Wildman–Crippen MR) is 70.1 cm³/mol. The molecular formula is C12H11BrClNO2. The van der Waals surface area contributed by atoms with Gasteiger partial charge in [-0.2, -0.15) is 0 Å². The maximum absolute atomic E-state index is 6.01. The topological polar surface area (TPSA) is 48.4 Å². The first kappa shape index (κ1) is 12.5. The van der Waals surface area contributed by atoms with Crippen molar-refractivity contribution in [2.24, 2.45) is 5.73 Å². The fourth-order valence-electron chi connectivity index (χ4n) is 1.41. The minimum Gasteiger partial charge on any atom is -0.484 e. The normalized spacial score (nSPS) is 10.5. The highest BCUT2D eigenvalue weighted by molar-refractivity contribution is 9.10. The van der Waals surface area contributed by atoms with E-state index in [9.17, 15) is 0 Å². The summed E-state index contributed by atoms with van der Waals surface area (Å²) in [6.07, 6.45) is 1.60. The van der Waals surface area contributed by atoms with Gasteiger partial charge in [0.05, 0.1) is 11.3 Å². The summed E-state index contributed by atoms with van der Waals surface area (Å²) >= 11 is 9.37. The van der Waals surface area contributed by atoms with E-state index in [0.29, 0.717) is 23.9 Å². The second-order valence-electron chi connectivity index (χ2n) is 3.44. The molecule has 17 heavy (non-hydrogen) atoms. The van der Waals surface area contributed by atoms with Gasteiger partial charge in [0.2, 0.25) is 0 Å². The van der Waals surface area contributed by atoms with Gasteiger partial charge in [-0.1, -0.05) is 27.5 Å². The van der Waals surface area contributed by atoms with Crippen LogP contribution in [0.4, 0.5) is 0 Å². The van der Waals surface area contributed by atoms with Crippen molar-refractivity contribution < 1.29 is 9.15 Å². The predicted octanol–water partition coefficient (Wildman–Crippen LogP) is 3.73. The van der Waals surface area contributed by atoms with Crippen molar-refractivity contribution >= 4 is 27.5 Å². The summed E-state index contributed by atoms with van der Waals surface area (Å²) in [7, 11) is 0. The summed E-state index contributed by atoms with van der Waals surface area (Å²) < 4.78 is 11.8. The van der Waals surface area contributed by atoms with Crippen molar-refractivity contribution in [1.29, 1.82) is 0 Å². The molecule has 1 heterocycles. The van der Waals surface area contributed by atoms with Gasteiger partial charge in [0.15, 0.2) is 0 Å². The fourth-order valence-corrected chi connectivity index (χ4v) is 1.92. The number of halogens is 2. The number of hydrogen-bond donors (Lipinski definition) is 1. The van der Waals surface area contributed by atoms with Crippen LogP contribution in [0.25, 0.3) is 0 Å². The van der Waals surface area contributed by atoms with Crippen LogP contribution in [-0.2, 0) is 13.2 Å². The Kier molecular flexibility index (Phi) is 4.10. The lowest BCUT2D eigenvalue weighted by atomic mass is 10.2. The van der Waals surface area contributed by atoms with Crippen molar-refractivity contribution in [2.45, 2.75) is 13.2 Å². The molecule has 2 rings (SSSR count). The van der Waals surface area contributed by atoms with E-state index in [4.69, 9.17) is 26.5 Å². The van der Waals surface area contributed by atoms with Gasteiger partial charge >= 0.3 is 0 Å². The molecule has 0 bridgehead atoms. The summed E-state index contributed by atoms with van der Waals surface area (Å²) in [6.45, 7) is 0.747. The maximum Gasteiger partial charge on any atom is 0.146 e. The molecule has 0 radical (unpaired) electrons. The van der Waals surface area contributed by atoms with Crippen molar-refractivity contribution in [3.63, 3.8) is 0 Å². The van der Waals surface area contributed by atoms with E-state index in [2.05, 4.69) is 15.9 Å². The zero-order valence-corrected chi connectivity index (χ0v) is 11.3. The van der Waals surface area contributed by atoms with E-state index in [0.717, 1.165) is 15.8 Å². The van der Waals surface area contributed by atoms with E-state index >= 15 is 0 Å². The molecule has 0 spiro atoms. The van der Waals surface area contributed by atoms with Gasteiger partial charge in [-0.3, -0.25) is 0 Å².